The lowest BCUT2D eigenvalue weighted by Crippen LogP contribution is -2.12. The number of hydrogen-bond acceptors (Lipinski definition) is 3. The second-order valence-electron chi connectivity index (χ2n) is 4.42. The van der Waals surface area contributed by atoms with E-state index in [1.807, 2.05) is 6.92 Å². The highest BCUT2D eigenvalue weighted by Crippen LogP contribution is 2.17. The predicted octanol–water partition coefficient (Wildman–Crippen LogP) is 1.85. The first-order chi connectivity index (χ1) is 8.18. The van der Waals surface area contributed by atoms with Crippen LogP contribution in [-0.4, -0.2) is 33.3 Å². The van der Waals surface area contributed by atoms with E-state index in [1.165, 1.54) is 6.20 Å². The third kappa shape index (κ3) is 2.85. The molecule has 0 aromatic carbocycles. The Morgan fingerprint density at radius 1 is 1.71 bits per heavy atom. The molecule has 2 heterocycles. The van der Waals surface area contributed by atoms with Gasteiger partial charge in [-0.3, -0.25) is 0 Å². The Morgan fingerprint density at radius 2 is 2.53 bits per heavy atom. The van der Waals surface area contributed by atoms with Gasteiger partial charge in [0.05, 0.1) is 12.3 Å². The highest BCUT2D eigenvalue weighted by atomic mass is 16.5. The zero-order valence-corrected chi connectivity index (χ0v) is 10.1. The van der Waals surface area contributed by atoms with Crippen LogP contribution in [0.2, 0.25) is 0 Å². The molecule has 0 amide bonds. The number of aromatic carboxylic acids is 1. The fourth-order valence-electron chi connectivity index (χ4n) is 2.27. The molecule has 0 aliphatic carbocycles. The van der Waals surface area contributed by atoms with E-state index in [4.69, 9.17) is 9.84 Å². The van der Waals surface area contributed by atoms with Gasteiger partial charge in [0.2, 0.25) is 0 Å². The zero-order chi connectivity index (χ0) is 12.3. The molecular weight excluding hydrogens is 220 g/mol. The van der Waals surface area contributed by atoms with Crippen LogP contribution in [0.5, 0.6) is 0 Å². The summed E-state index contributed by atoms with van der Waals surface area (Å²) in [5.41, 5.74) is 0.273. The largest absolute Gasteiger partial charge is 0.477 e. The summed E-state index contributed by atoms with van der Waals surface area (Å²) in [4.78, 5) is 15.0. The number of nitrogens with zero attached hydrogens (tertiary/aromatic N) is 2. The molecule has 0 spiro atoms. The van der Waals surface area contributed by atoms with E-state index in [9.17, 15) is 4.79 Å². The van der Waals surface area contributed by atoms with Crippen molar-refractivity contribution in [3.8, 4) is 0 Å². The van der Waals surface area contributed by atoms with Crippen molar-refractivity contribution in [1.82, 2.24) is 9.55 Å². The van der Waals surface area contributed by atoms with Crippen LogP contribution in [0.3, 0.4) is 0 Å². The normalized spacial score (nSPS) is 19.7. The molecule has 2 rings (SSSR count). The Labute approximate surface area is 100 Å². The molecule has 1 aliphatic rings. The first kappa shape index (κ1) is 12.1. The average molecular weight is 238 g/mol. The Hall–Kier alpha value is -1.36. The molecule has 1 saturated heterocycles. The summed E-state index contributed by atoms with van der Waals surface area (Å²) in [7, 11) is 0. The fourth-order valence-corrected chi connectivity index (χ4v) is 2.27. The third-order valence-electron chi connectivity index (χ3n) is 3.21. The minimum Gasteiger partial charge on any atom is -0.477 e. The quantitative estimate of drug-likeness (QED) is 0.850. The zero-order valence-electron chi connectivity index (χ0n) is 10.1. The van der Waals surface area contributed by atoms with Crippen molar-refractivity contribution in [2.45, 2.75) is 45.3 Å². The minimum absolute atomic E-state index is 0.273. The van der Waals surface area contributed by atoms with Gasteiger partial charge in [-0.15, -0.1) is 0 Å². The minimum atomic E-state index is -0.914. The van der Waals surface area contributed by atoms with Gasteiger partial charge in [-0.05, 0) is 32.6 Å². The summed E-state index contributed by atoms with van der Waals surface area (Å²) in [6.45, 7) is 3.40. The average Bonchev–Trinajstić information content (AvgIpc) is 2.89. The topological polar surface area (TPSA) is 64.3 Å². The summed E-state index contributed by atoms with van der Waals surface area (Å²) in [5, 5.41) is 9.00. The molecule has 5 heteroatoms. The molecule has 1 atom stereocenters. The molecule has 0 bridgehead atoms. The number of imidazole rings is 1. The summed E-state index contributed by atoms with van der Waals surface area (Å²) in [6.07, 6.45) is 6.00. The van der Waals surface area contributed by atoms with Crippen molar-refractivity contribution in [3.63, 3.8) is 0 Å². The molecule has 94 valence electrons. The van der Waals surface area contributed by atoms with Crippen molar-refractivity contribution in [2.75, 3.05) is 6.61 Å². The lowest BCUT2D eigenvalue weighted by molar-refractivity contribution is 0.0684. The maximum atomic E-state index is 11.0. The highest BCUT2D eigenvalue weighted by molar-refractivity contribution is 5.85. The standard InChI is InChI=1S/C12H18N2O3/c1-9-13-8-11(12(15)16)14(9)6-2-4-10-5-3-7-17-10/h8,10H,2-7H2,1H3,(H,15,16). The SMILES string of the molecule is Cc1ncc(C(=O)O)n1CCCC1CCCO1. The lowest BCUT2D eigenvalue weighted by atomic mass is 10.1. The van der Waals surface area contributed by atoms with E-state index in [0.29, 0.717) is 12.6 Å². The third-order valence-corrected chi connectivity index (χ3v) is 3.21. The number of rotatable bonds is 5. The highest BCUT2D eigenvalue weighted by Gasteiger charge is 2.16. The van der Waals surface area contributed by atoms with Crippen LogP contribution >= 0.6 is 0 Å². The number of carbonyl (C=O) groups is 1. The summed E-state index contributed by atoms with van der Waals surface area (Å²) >= 11 is 0. The number of aryl methyl sites for hydroxylation is 1. The summed E-state index contributed by atoms with van der Waals surface area (Å²) < 4.78 is 7.30. The van der Waals surface area contributed by atoms with Crippen molar-refractivity contribution >= 4 is 5.97 Å². The predicted molar refractivity (Wildman–Crippen MR) is 62.1 cm³/mol. The number of carboxylic acid groups (broad SMARTS) is 1. The van der Waals surface area contributed by atoms with Crippen LogP contribution in [0.1, 0.15) is 42.0 Å². The molecule has 1 aliphatic heterocycles. The van der Waals surface area contributed by atoms with E-state index < -0.39 is 5.97 Å². The van der Waals surface area contributed by atoms with Gasteiger partial charge >= 0.3 is 5.97 Å². The van der Waals surface area contributed by atoms with Gasteiger partial charge in [0.1, 0.15) is 11.5 Å². The Kier molecular flexibility index (Phi) is 3.78. The van der Waals surface area contributed by atoms with Gasteiger partial charge in [-0.25, -0.2) is 9.78 Å². The molecular formula is C12H18N2O3. The second kappa shape index (κ2) is 5.31. The number of carboxylic acids is 1. The van der Waals surface area contributed by atoms with Crippen molar-refractivity contribution in [3.05, 3.63) is 17.7 Å². The maximum Gasteiger partial charge on any atom is 0.354 e. The van der Waals surface area contributed by atoms with Gasteiger partial charge in [-0.1, -0.05) is 0 Å². The van der Waals surface area contributed by atoms with Crippen molar-refractivity contribution in [1.29, 1.82) is 0 Å². The molecule has 1 N–H and O–H groups in total. The van der Waals surface area contributed by atoms with Gasteiger partial charge in [-0.2, -0.15) is 0 Å². The number of hydrogen-bond donors (Lipinski definition) is 1. The monoisotopic (exact) mass is 238 g/mol. The number of ether oxygens (including phenoxy) is 1. The molecule has 5 nitrogen and oxygen atoms in total. The lowest BCUT2D eigenvalue weighted by Gasteiger charge is -2.11. The summed E-state index contributed by atoms with van der Waals surface area (Å²) in [5.74, 6) is -0.155. The molecule has 1 aromatic heterocycles. The van der Waals surface area contributed by atoms with Crippen LogP contribution in [-0.2, 0) is 11.3 Å². The van der Waals surface area contributed by atoms with Crippen LogP contribution in [0, 0.1) is 6.92 Å². The Morgan fingerprint density at radius 3 is 3.18 bits per heavy atom. The molecule has 0 radical (unpaired) electrons. The van der Waals surface area contributed by atoms with E-state index in [1.54, 1.807) is 4.57 Å². The maximum absolute atomic E-state index is 11.0. The number of aromatic nitrogens is 2. The van der Waals surface area contributed by atoms with Gasteiger partial charge in [0.15, 0.2) is 0 Å². The van der Waals surface area contributed by atoms with E-state index >= 15 is 0 Å². The van der Waals surface area contributed by atoms with Crippen LogP contribution in [0.15, 0.2) is 6.20 Å². The second-order valence-corrected chi connectivity index (χ2v) is 4.42. The van der Waals surface area contributed by atoms with E-state index in [2.05, 4.69) is 4.98 Å². The van der Waals surface area contributed by atoms with Crippen molar-refractivity contribution < 1.29 is 14.6 Å². The molecule has 1 aromatic rings. The van der Waals surface area contributed by atoms with Crippen LogP contribution < -0.4 is 0 Å². The molecule has 0 saturated carbocycles. The smallest absolute Gasteiger partial charge is 0.354 e. The summed E-state index contributed by atoms with van der Waals surface area (Å²) in [6, 6.07) is 0. The fraction of sp³-hybridized carbons (Fsp3) is 0.667. The van der Waals surface area contributed by atoms with Crippen molar-refractivity contribution in [2.24, 2.45) is 0 Å². The Bertz CT molecular complexity index is 394. The van der Waals surface area contributed by atoms with E-state index in [0.717, 1.165) is 38.1 Å². The van der Waals surface area contributed by atoms with Crippen LogP contribution in [0.4, 0.5) is 0 Å². The molecule has 1 fully saturated rings. The van der Waals surface area contributed by atoms with E-state index in [-0.39, 0.29) is 5.69 Å². The first-order valence-corrected chi connectivity index (χ1v) is 6.05. The Balaban J connectivity index is 1.89. The van der Waals surface area contributed by atoms with Crippen LogP contribution in [0.25, 0.3) is 0 Å². The van der Waals surface area contributed by atoms with Gasteiger partial charge < -0.3 is 14.4 Å². The molecule has 17 heavy (non-hydrogen) atoms. The molecule has 1 unspecified atom stereocenters. The van der Waals surface area contributed by atoms with Gasteiger partial charge in [0, 0.05) is 13.2 Å². The first-order valence-electron chi connectivity index (χ1n) is 6.05. The van der Waals surface area contributed by atoms with Gasteiger partial charge in [0.25, 0.3) is 0 Å².